The van der Waals surface area contributed by atoms with Gasteiger partial charge < -0.3 is 19.8 Å². The number of aryl methyl sites for hydroxylation is 1. The molecule has 0 aliphatic carbocycles. The van der Waals surface area contributed by atoms with Crippen LogP contribution in [0, 0.1) is 6.92 Å². The lowest BCUT2D eigenvalue weighted by Crippen LogP contribution is -2.35. The van der Waals surface area contributed by atoms with Gasteiger partial charge in [-0.25, -0.2) is 0 Å². The monoisotopic (exact) mass is 712 g/mol. The molecular formula is C41H36N4O6S. The summed E-state index contributed by atoms with van der Waals surface area (Å²) in [5.74, 6) is 2.56. The van der Waals surface area contributed by atoms with Crippen LogP contribution in [0.4, 0.5) is 5.69 Å². The quantitative estimate of drug-likeness (QED) is 0.129. The number of anilines is 1. The highest BCUT2D eigenvalue weighted by atomic mass is 32.2. The summed E-state index contributed by atoms with van der Waals surface area (Å²) in [6, 6.07) is 36.5. The van der Waals surface area contributed by atoms with Crippen molar-refractivity contribution in [1.82, 2.24) is 15.0 Å². The maximum atomic E-state index is 13.4. The molecule has 0 bridgehead atoms. The molecule has 262 valence electrons. The Kier molecular flexibility index (Phi) is 10.4. The molecule has 2 amide bonds. The molecule has 1 atom stereocenters. The van der Waals surface area contributed by atoms with Crippen LogP contribution < -0.4 is 5.32 Å². The van der Waals surface area contributed by atoms with Crippen molar-refractivity contribution in [3.8, 4) is 34.0 Å². The third kappa shape index (κ3) is 8.87. The minimum atomic E-state index is -2.34. The van der Waals surface area contributed by atoms with Crippen molar-refractivity contribution in [2.75, 3.05) is 18.1 Å². The van der Waals surface area contributed by atoms with Crippen LogP contribution in [0.3, 0.4) is 0 Å². The molecule has 0 fully saturated rings. The van der Waals surface area contributed by atoms with E-state index in [-0.39, 0.29) is 24.4 Å². The topological polar surface area (TPSA) is 143 Å². The van der Waals surface area contributed by atoms with Gasteiger partial charge in [0.05, 0.1) is 6.42 Å². The molecular weight excluding hydrogens is 677 g/mol. The third-order valence-corrected chi connectivity index (χ3v) is 9.61. The normalized spacial score (nSPS) is 12.1. The molecule has 1 aromatic heterocycles. The predicted octanol–water partition coefficient (Wildman–Crippen LogP) is 6.99. The van der Waals surface area contributed by atoms with E-state index in [1.807, 2.05) is 24.3 Å². The highest BCUT2D eigenvalue weighted by Crippen LogP contribution is 2.27. The van der Waals surface area contributed by atoms with Crippen LogP contribution in [0.25, 0.3) is 34.0 Å². The number of carbonyl (C=O) groups excluding carboxylic acids is 2. The van der Waals surface area contributed by atoms with Crippen LogP contribution in [-0.2, 0) is 32.1 Å². The van der Waals surface area contributed by atoms with Crippen LogP contribution in [0.1, 0.15) is 27.0 Å². The zero-order chi connectivity index (χ0) is 36.8. The van der Waals surface area contributed by atoms with Crippen LogP contribution in [-0.4, -0.2) is 60.8 Å². The van der Waals surface area contributed by atoms with Gasteiger partial charge in [-0.2, -0.15) is 4.98 Å². The fourth-order valence-electron chi connectivity index (χ4n) is 5.52. The SMILES string of the molecule is C=S(C)(=O)c1ccc(CC(=O)Nc2ccc(C(=O)N(CC(=O)O)Cc3ccc(-c4noc(-c5ccc(-c6ccc(C)cc6)cc5)n4)cc3)cc2)cc1. The van der Waals surface area contributed by atoms with Gasteiger partial charge in [-0.3, -0.25) is 18.6 Å². The number of carboxylic acids is 1. The Hall–Kier alpha value is -6.33. The molecule has 11 heteroatoms. The predicted molar refractivity (Wildman–Crippen MR) is 202 cm³/mol. The average molecular weight is 713 g/mol. The van der Waals surface area contributed by atoms with E-state index < -0.39 is 27.9 Å². The summed E-state index contributed by atoms with van der Waals surface area (Å²) in [6.07, 6.45) is 1.66. The number of rotatable bonds is 12. The van der Waals surface area contributed by atoms with E-state index in [9.17, 15) is 23.7 Å². The Balaban J connectivity index is 1.07. The molecule has 1 unspecified atom stereocenters. The summed E-state index contributed by atoms with van der Waals surface area (Å²) in [5, 5.41) is 16.5. The van der Waals surface area contributed by atoms with Crippen molar-refractivity contribution in [3.63, 3.8) is 0 Å². The van der Waals surface area contributed by atoms with Gasteiger partial charge in [0.25, 0.3) is 11.8 Å². The van der Waals surface area contributed by atoms with Gasteiger partial charge in [-0.05, 0) is 93.1 Å². The van der Waals surface area contributed by atoms with E-state index in [1.165, 1.54) is 10.5 Å². The Morgan fingerprint density at radius 3 is 1.92 bits per heavy atom. The second kappa shape index (κ2) is 15.3. The Bertz CT molecular complexity index is 2320. The number of nitrogens with zero attached hydrogens (tertiary/aromatic N) is 3. The van der Waals surface area contributed by atoms with E-state index in [1.54, 1.807) is 79.1 Å². The maximum absolute atomic E-state index is 13.4. The van der Waals surface area contributed by atoms with Crippen molar-refractivity contribution >= 4 is 38.9 Å². The smallest absolute Gasteiger partial charge is 0.323 e. The fraction of sp³-hybridized carbons (Fsp3) is 0.122. The van der Waals surface area contributed by atoms with Crippen molar-refractivity contribution < 1.29 is 28.2 Å². The van der Waals surface area contributed by atoms with E-state index in [0.717, 1.165) is 22.3 Å². The lowest BCUT2D eigenvalue weighted by Gasteiger charge is -2.21. The summed E-state index contributed by atoms with van der Waals surface area (Å²) in [4.78, 5) is 44.2. The van der Waals surface area contributed by atoms with Crippen molar-refractivity contribution in [1.29, 1.82) is 0 Å². The van der Waals surface area contributed by atoms with Crippen LogP contribution in [0.2, 0.25) is 0 Å². The molecule has 5 aromatic carbocycles. The zero-order valence-corrected chi connectivity index (χ0v) is 29.4. The number of hydrogen-bond acceptors (Lipinski definition) is 7. The molecule has 0 saturated heterocycles. The summed E-state index contributed by atoms with van der Waals surface area (Å²) in [7, 11) is -2.34. The van der Waals surface area contributed by atoms with Gasteiger partial charge in [0.2, 0.25) is 11.7 Å². The Labute approximate surface area is 301 Å². The van der Waals surface area contributed by atoms with Crippen LogP contribution >= 0.6 is 0 Å². The molecule has 1 heterocycles. The van der Waals surface area contributed by atoms with Crippen molar-refractivity contribution in [2.24, 2.45) is 0 Å². The summed E-state index contributed by atoms with van der Waals surface area (Å²) < 4.78 is 17.7. The second-order valence-electron chi connectivity index (χ2n) is 12.6. The highest BCUT2D eigenvalue weighted by Gasteiger charge is 2.20. The molecule has 0 aliphatic heterocycles. The first-order valence-corrected chi connectivity index (χ1v) is 18.5. The number of hydrogen-bond donors (Lipinski definition) is 2. The first kappa shape index (κ1) is 35.5. The molecule has 2 N–H and O–H groups in total. The van der Waals surface area contributed by atoms with Gasteiger partial charge in [0.15, 0.2) is 0 Å². The molecule has 0 radical (unpaired) electrons. The van der Waals surface area contributed by atoms with Gasteiger partial charge >= 0.3 is 5.97 Å². The molecule has 6 aromatic rings. The van der Waals surface area contributed by atoms with Crippen LogP contribution in [0.15, 0.2) is 131 Å². The molecule has 0 aliphatic rings. The minimum absolute atomic E-state index is 0.0502. The number of aromatic nitrogens is 2. The van der Waals surface area contributed by atoms with Crippen molar-refractivity contribution in [2.45, 2.75) is 24.8 Å². The van der Waals surface area contributed by atoms with E-state index in [2.05, 4.69) is 52.5 Å². The number of aliphatic carboxylic acids is 1. The zero-order valence-electron chi connectivity index (χ0n) is 28.6. The standard InChI is InChI=1S/C41H36N4O6S/c1-27-4-10-30(11-5-27)31-14-16-33(17-15-31)40-43-39(44-51-40)32-12-6-29(7-13-32)25-45(26-38(47)48)41(49)34-18-20-35(21-19-34)42-37(46)24-28-8-22-36(23-9-28)52(2,3)50/h4-23H,2,24-26H2,1,3H3,(H,42,46)(H,47,48). The second-order valence-corrected chi connectivity index (χ2v) is 15.1. The lowest BCUT2D eigenvalue weighted by molar-refractivity contribution is -0.137. The molecule has 52 heavy (non-hydrogen) atoms. The van der Waals surface area contributed by atoms with Crippen LogP contribution in [0.5, 0.6) is 0 Å². The fourth-order valence-corrected chi connectivity index (χ4v) is 6.23. The number of carboxylic acid groups (broad SMARTS) is 1. The van der Waals surface area contributed by atoms with Gasteiger partial charge in [-0.15, -0.1) is 0 Å². The molecule has 0 saturated carbocycles. The van der Waals surface area contributed by atoms with Gasteiger partial charge in [-0.1, -0.05) is 83.5 Å². The Morgan fingerprint density at radius 1 is 0.769 bits per heavy atom. The maximum Gasteiger partial charge on any atom is 0.323 e. The number of benzene rings is 5. The van der Waals surface area contributed by atoms with Gasteiger partial charge in [0.1, 0.15) is 6.54 Å². The summed E-state index contributed by atoms with van der Waals surface area (Å²) in [5.41, 5.74) is 7.10. The first-order chi connectivity index (χ1) is 24.9. The number of nitrogens with one attached hydrogen (secondary N) is 1. The van der Waals surface area contributed by atoms with E-state index in [4.69, 9.17) is 4.52 Å². The molecule has 10 nitrogen and oxygen atoms in total. The Morgan fingerprint density at radius 2 is 1.33 bits per heavy atom. The number of amides is 2. The van der Waals surface area contributed by atoms with E-state index >= 15 is 0 Å². The third-order valence-electron chi connectivity index (χ3n) is 8.34. The summed E-state index contributed by atoms with van der Waals surface area (Å²) >= 11 is 0. The first-order valence-electron chi connectivity index (χ1n) is 16.3. The summed E-state index contributed by atoms with van der Waals surface area (Å²) in [6.45, 7) is 1.60. The lowest BCUT2D eigenvalue weighted by atomic mass is 10.0. The molecule has 6 rings (SSSR count). The number of carbonyl (C=O) groups is 3. The largest absolute Gasteiger partial charge is 0.480 e. The highest BCUT2D eigenvalue weighted by molar-refractivity contribution is 7.99. The minimum Gasteiger partial charge on any atom is -0.480 e. The molecule has 0 spiro atoms. The van der Waals surface area contributed by atoms with Crippen molar-refractivity contribution in [3.05, 3.63) is 144 Å². The van der Waals surface area contributed by atoms with Gasteiger partial charge in [0, 0.05) is 40.1 Å². The average Bonchev–Trinajstić information content (AvgIpc) is 3.62. The van der Waals surface area contributed by atoms with E-state index in [0.29, 0.717) is 33.4 Å².